The molecule has 1 aliphatic rings. The van der Waals surface area contributed by atoms with Crippen LogP contribution in [0.1, 0.15) is 226 Å². The number of unbranched alkanes of at least 4 members (excludes halogenated alkanes) is 24. The molecule has 0 aromatic heterocycles. The van der Waals surface area contributed by atoms with Crippen LogP contribution in [0.2, 0.25) is 0 Å². The van der Waals surface area contributed by atoms with E-state index in [1.54, 1.807) is 6.08 Å². The highest BCUT2D eigenvalue weighted by molar-refractivity contribution is 5.80. The van der Waals surface area contributed by atoms with Gasteiger partial charge in [-0.25, -0.2) is 0 Å². The van der Waals surface area contributed by atoms with E-state index < -0.39 is 67.4 Å². The van der Waals surface area contributed by atoms with Gasteiger partial charge < -0.3 is 45.1 Å². The molecule has 1 rings (SSSR count). The number of rotatable bonds is 47. The molecule has 11 heteroatoms. The number of ether oxygens (including phenoxy) is 3. The predicted molar refractivity (Wildman–Crippen MR) is 296 cm³/mol. The summed E-state index contributed by atoms with van der Waals surface area (Å²) in [5, 5.41) is 56.8. The Bertz CT molecular complexity index is 1490. The van der Waals surface area contributed by atoms with Gasteiger partial charge in [-0.2, -0.15) is 0 Å². The molecule has 414 valence electrons. The number of aliphatic hydroxyl groups excluding tert-OH is 5. The molecule has 1 aliphatic heterocycles. The van der Waals surface area contributed by atoms with Gasteiger partial charge in [0.25, 0.3) is 0 Å². The Kier molecular flexibility index (Phi) is 45.3. The highest BCUT2D eigenvalue weighted by Crippen LogP contribution is 2.26. The van der Waals surface area contributed by atoms with Crippen LogP contribution in [-0.2, 0) is 23.8 Å². The molecule has 1 heterocycles. The topological polar surface area (TPSA) is 175 Å². The third-order valence-electron chi connectivity index (χ3n) is 13.1. The van der Waals surface area contributed by atoms with E-state index in [2.05, 4.69) is 62.5 Å². The van der Waals surface area contributed by atoms with E-state index in [9.17, 15) is 35.1 Å². The van der Waals surface area contributed by atoms with Gasteiger partial charge in [0, 0.05) is 6.42 Å². The molecule has 8 atom stereocenters. The van der Waals surface area contributed by atoms with E-state index in [0.717, 1.165) is 96.3 Å². The molecule has 0 bridgehead atoms. The average molecular weight is 1010 g/mol. The summed E-state index contributed by atoms with van der Waals surface area (Å²) < 4.78 is 17.6. The van der Waals surface area contributed by atoms with Crippen molar-refractivity contribution < 1.29 is 49.3 Å². The molecular weight excluding hydrogens is 907 g/mol. The van der Waals surface area contributed by atoms with Crippen LogP contribution < -0.4 is 5.32 Å². The number of carbonyl (C=O) groups excluding carboxylic acids is 2. The van der Waals surface area contributed by atoms with Gasteiger partial charge in [-0.1, -0.05) is 228 Å². The first-order valence-corrected chi connectivity index (χ1v) is 28.9. The number of hydrogen-bond donors (Lipinski definition) is 6. The minimum atomic E-state index is -1.62. The zero-order chi connectivity index (χ0) is 52.5. The summed E-state index contributed by atoms with van der Waals surface area (Å²) in [6, 6.07) is -1.04. The average Bonchev–Trinajstić information content (AvgIpc) is 3.38. The Hall–Kier alpha value is -3.16. The van der Waals surface area contributed by atoms with Crippen LogP contribution in [0.3, 0.4) is 0 Å². The fourth-order valence-electron chi connectivity index (χ4n) is 8.51. The van der Waals surface area contributed by atoms with Gasteiger partial charge in [0.1, 0.15) is 24.4 Å². The minimum Gasteiger partial charge on any atom is -0.454 e. The van der Waals surface area contributed by atoms with Crippen LogP contribution in [0, 0.1) is 0 Å². The quantitative estimate of drug-likeness (QED) is 0.0149. The maximum absolute atomic E-state index is 13.4. The molecule has 8 unspecified atom stereocenters. The molecule has 1 saturated heterocycles. The first-order valence-electron chi connectivity index (χ1n) is 28.9. The van der Waals surface area contributed by atoms with Crippen molar-refractivity contribution in [1.29, 1.82) is 0 Å². The third-order valence-corrected chi connectivity index (χ3v) is 13.1. The van der Waals surface area contributed by atoms with Gasteiger partial charge in [0.2, 0.25) is 5.91 Å². The number of nitrogens with one attached hydrogen (secondary N) is 1. The molecule has 0 spiro atoms. The van der Waals surface area contributed by atoms with Crippen molar-refractivity contribution in [1.82, 2.24) is 5.32 Å². The second-order valence-corrected chi connectivity index (χ2v) is 19.7. The largest absolute Gasteiger partial charge is 0.454 e. The Balaban J connectivity index is 2.75. The lowest BCUT2D eigenvalue weighted by molar-refractivity contribution is -0.305. The molecule has 0 aliphatic carbocycles. The molecule has 11 nitrogen and oxygen atoms in total. The van der Waals surface area contributed by atoms with Gasteiger partial charge in [-0.05, 0) is 77.0 Å². The molecule has 6 N–H and O–H groups in total. The second kappa shape index (κ2) is 48.8. The van der Waals surface area contributed by atoms with Crippen molar-refractivity contribution in [2.75, 3.05) is 13.2 Å². The van der Waals surface area contributed by atoms with Crippen LogP contribution >= 0.6 is 0 Å². The molecule has 0 saturated carbocycles. The van der Waals surface area contributed by atoms with E-state index >= 15 is 0 Å². The lowest BCUT2D eigenvalue weighted by Gasteiger charge is -2.41. The normalized spacial score (nSPS) is 20.1. The van der Waals surface area contributed by atoms with Crippen LogP contribution in [-0.4, -0.2) is 99.6 Å². The monoisotopic (exact) mass is 1010 g/mol. The smallest absolute Gasteiger partial charge is 0.306 e. The summed E-state index contributed by atoms with van der Waals surface area (Å²) in [5.41, 5.74) is 0. The van der Waals surface area contributed by atoms with Crippen LogP contribution in [0.15, 0.2) is 85.1 Å². The molecule has 1 fully saturated rings. The molecule has 0 aromatic carbocycles. The van der Waals surface area contributed by atoms with E-state index in [4.69, 9.17) is 14.2 Å². The fraction of sp³-hybridized carbons (Fsp3) is 0.738. The zero-order valence-corrected chi connectivity index (χ0v) is 45.5. The zero-order valence-electron chi connectivity index (χ0n) is 45.5. The maximum atomic E-state index is 13.4. The Labute approximate surface area is 438 Å². The van der Waals surface area contributed by atoms with Gasteiger partial charge in [-0.15, -0.1) is 0 Å². The standard InChI is InChI=1S/C61H105NO10/c1-4-7-10-13-16-19-22-25-27-28-29-31-34-37-40-43-46-49-56(66)72-59-58(68)57(67)55(50-63)71-61(59)70-51-52(53(64)47-44-41-38-35-32-24-21-18-15-12-9-6-3)62-60(69)54(65)48-45-42-39-36-33-30-26-23-20-17-14-11-8-5-2/h8,11,14,16-17,19-20,23,25-27,30,44,47,52-55,57-59,61,63-65,67-68H,4-7,9-10,12-13,15,18,21-22,24,28-29,31-43,45-46,48-51H2,1-3H3,(H,62,69)/b11-8+,17-14+,19-16-,23-20+,27-25-,30-26-,47-44+. The van der Waals surface area contributed by atoms with Gasteiger partial charge in [-0.3, -0.25) is 9.59 Å². The van der Waals surface area contributed by atoms with Crippen molar-refractivity contribution in [2.24, 2.45) is 0 Å². The fourth-order valence-corrected chi connectivity index (χ4v) is 8.51. The van der Waals surface area contributed by atoms with Crippen LogP contribution in [0.5, 0.6) is 0 Å². The van der Waals surface area contributed by atoms with Crippen molar-refractivity contribution >= 4 is 11.9 Å². The highest BCUT2D eigenvalue weighted by atomic mass is 16.7. The highest BCUT2D eigenvalue weighted by Gasteiger charge is 2.47. The number of allylic oxidation sites excluding steroid dienone is 13. The summed E-state index contributed by atoms with van der Waals surface area (Å²) in [4.78, 5) is 26.5. The maximum Gasteiger partial charge on any atom is 0.306 e. The molecule has 0 aromatic rings. The Morgan fingerprint density at radius 2 is 1.06 bits per heavy atom. The first kappa shape index (κ1) is 66.9. The van der Waals surface area contributed by atoms with E-state index in [1.807, 2.05) is 42.5 Å². The molecule has 1 amide bonds. The second-order valence-electron chi connectivity index (χ2n) is 19.7. The van der Waals surface area contributed by atoms with Crippen LogP contribution in [0.4, 0.5) is 0 Å². The van der Waals surface area contributed by atoms with Crippen molar-refractivity contribution in [2.45, 2.75) is 275 Å². The first-order chi connectivity index (χ1) is 35.2. The van der Waals surface area contributed by atoms with Gasteiger partial charge in [0.15, 0.2) is 12.4 Å². The third kappa shape index (κ3) is 36.7. The summed E-state index contributed by atoms with van der Waals surface area (Å²) in [6.45, 7) is 5.58. The minimum absolute atomic E-state index is 0.108. The molecule has 72 heavy (non-hydrogen) atoms. The van der Waals surface area contributed by atoms with E-state index in [1.165, 1.54) is 83.5 Å². The Morgan fingerprint density at radius 1 is 0.569 bits per heavy atom. The number of carbonyl (C=O) groups is 2. The van der Waals surface area contributed by atoms with E-state index in [0.29, 0.717) is 12.8 Å². The number of hydrogen-bond acceptors (Lipinski definition) is 10. The van der Waals surface area contributed by atoms with Gasteiger partial charge in [0.05, 0.1) is 25.4 Å². The number of amides is 1. The van der Waals surface area contributed by atoms with Gasteiger partial charge >= 0.3 is 5.97 Å². The summed E-state index contributed by atoms with van der Waals surface area (Å²) in [5.74, 6) is -1.23. The molecular formula is C61H105NO10. The number of aliphatic hydroxyl groups is 5. The summed E-state index contributed by atoms with van der Waals surface area (Å²) in [7, 11) is 0. The Morgan fingerprint density at radius 3 is 1.64 bits per heavy atom. The predicted octanol–water partition coefficient (Wildman–Crippen LogP) is 13.0. The summed E-state index contributed by atoms with van der Waals surface area (Å²) in [6.07, 6.45) is 51.9. The number of esters is 1. The van der Waals surface area contributed by atoms with Crippen molar-refractivity contribution in [3.63, 3.8) is 0 Å². The summed E-state index contributed by atoms with van der Waals surface area (Å²) >= 11 is 0. The lowest BCUT2D eigenvalue weighted by Crippen LogP contribution is -2.61. The lowest BCUT2D eigenvalue weighted by atomic mass is 9.99. The van der Waals surface area contributed by atoms with Crippen LogP contribution in [0.25, 0.3) is 0 Å². The van der Waals surface area contributed by atoms with E-state index in [-0.39, 0.29) is 19.4 Å². The van der Waals surface area contributed by atoms with Crippen molar-refractivity contribution in [3.05, 3.63) is 85.1 Å². The SMILES string of the molecule is CC/C=C/C=C/C=C/C=C\CCCCCCC(O)C(=O)NC(COC1OC(CO)C(O)C(O)C1OC(=O)CCCCCCCCC/C=C\C/C=C\CCCCC)C(O)/C=C/CCCCCCCCCCCC. The molecule has 0 radical (unpaired) electrons. The van der Waals surface area contributed by atoms with Crippen molar-refractivity contribution in [3.8, 4) is 0 Å².